The van der Waals surface area contributed by atoms with Crippen molar-refractivity contribution in [3.05, 3.63) is 12.7 Å². The number of unbranched alkanes of at least 4 members (excludes halogenated alkanes) is 6. The molecule has 0 aliphatic heterocycles. The number of rotatable bonds is 13. The number of nitrogens with one attached hydrogen (secondary N) is 1. The standard InChI is InChI=1S/C13H25NO5S/c1-2-3-4-5-6-7-8-9-10-13(15)14-11-12-19-20(16,17)18/h2H,1,3-12H2,(H,14,15)(H,16,17,18)/p-1. The zero-order valence-electron chi connectivity index (χ0n) is 11.8. The van der Waals surface area contributed by atoms with E-state index in [0.717, 1.165) is 25.7 Å². The Hall–Kier alpha value is -0.920. The topological polar surface area (TPSA) is 95.5 Å². The van der Waals surface area contributed by atoms with Gasteiger partial charge in [0.1, 0.15) is 0 Å². The molecule has 0 saturated heterocycles. The zero-order chi connectivity index (χ0) is 15.3. The van der Waals surface area contributed by atoms with E-state index in [0.29, 0.717) is 6.42 Å². The Morgan fingerprint density at radius 3 is 2.35 bits per heavy atom. The van der Waals surface area contributed by atoms with Crippen molar-refractivity contribution in [2.75, 3.05) is 13.2 Å². The summed E-state index contributed by atoms with van der Waals surface area (Å²) in [5.74, 6) is -0.149. The summed E-state index contributed by atoms with van der Waals surface area (Å²) in [4.78, 5) is 11.3. The fourth-order valence-electron chi connectivity index (χ4n) is 1.70. The van der Waals surface area contributed by atoms with E-state index in [4.69, 9.17) is 0 Å². The summed E-state index contributed by atoms with van der Waals surface area (Å²) in [7, 11) is -4.66. The van der Waals surface area contributed by atoms with Crippen LogP contribution >= 0.6 is 0 Å². The second kappa shape index (κ2) is 11.9. The van der Waals surface area contributed by atoms with Gasteiger partial charge in [0.2, 0.25) is 16.3 Å². The van der Waals surface area contributed by atoms with E-state index >= 15 is 0 Å². The van der Waals surface area contributed by atoms with Crippen LogP contribution in [0.2, 0.25) is 0 Å². The molecule has 0 rings (SSSR count). The van der Waals surface area contributed by atoms with Gasteiger partial charge in [0.05, 0.1) is 6.61 Å². The van der Waals surface area contributed by atoms with Crippen LogP contribution in [0.1, 0.15) is 51.4 Å². The van der Waals surface area contributed by atoms with Gasteiger partial charge < -0.3 is 9.87 Å². The van der Waals surface area contributed by atoms with Crippen LogP contribution < -0.4 is 5.32 Å². The van der Waals surface area contributed by atoms with Gasteiger partial charge in [-0.3, -0.25) is 8.98 Å². The highest BCUT2D eigenvalue weighted by Crippen LogP contribution is 2.08. The third-order valence-corrected chi connectivity index (χ3v) is 3.17. The van der Waals surface area contributed by atoms with Gasteiger partial charge >= 0.3 is 0 Å². The highest BCUT2D eigenvalue weighted by Gasteiger charge is 2.01. The van der Waals surface area contributed by atoms with Crippen molar-refractivity contribution in [3.8, 4) is 0 Å². The Morgan fingerprint density at radius 2 is 1.75 bits per heavy atom. The molecule has 0 radical (unpaired) electrons. The molecule has 6 nitrogen and oxygen atoms in total. The van der Waals surface area contributed by atoms with Crippen LogP contribution in [-0.4, -0.2) is 32.0 Å². The van der Waals surface area contributed by atoms with Crippen molar-refractivity contribution >= 4 is 16.3 Å². The second-order valence-electron chi connectivity index (χ2n) is 4.53. The molecule has 0 atom stereocenters. The summed E-state index contributed by atoms with van der Waals surface area (Å²) in [6, 6.07) is 0. The van der Waals surface area contributed by atoms with Gasteiger partial charge in [0, 0.05) is 13.0 Å². The molecular weight excluding hydrogens is 282 g/mol. The van der Waals surface area contributed by atoms with Crippen molar-refractivity contribution in [1.29, 1.82) is 0 Å². The fraction of sp³-hybridized carbons (Fsp3) is 0.769. The van der Waals surface area contributed by atoms with Crippen molar-refractivity contribution in [2.24, 2.45) is 0 Å². The monoisotopic (exact) mass is 306 g/mol. The molecule has 0 spiro atoms. The molecule has 0 heterocycles. The molecule has 118 valence electrons. The number of hydrogen-bond acceptors (Lipinski definition) is 5. The van der Waals surface area contributed by atoms with Crippen LogP contribution in [0.4, 0.5) is 0 Å². The first-order valence-corrected chi connectivity index (χ1v) is 8.27. The number of allylic oxidation sites excluding steroid dienone is 1. The van der Waals surface area contributed by atoms with Gasteiger partial charge in [-0.25, -0.2) is 8.42 Å². The molecule has 0 aliphatic carbocycles. The van der Waals surface area contributed by atoms with Gasteiger partial charge in [-0.15, -0.1) is 6.58 Å². The van der Waals surface area contributed by atoms with Crippen LogP contribution in [0.25, 0.3) is 0 Å². The van der Waals surface area contributed by atoms with Gasteiger partial charge in [0.15, 0.2) is 0 Å². The summed E-state index contributed by atoms with van der Waals surface area (Å²) in [5.41, 5.74) is 0. The van der Waals surface area contributed by atoms with Crippen LogP contribution in [0.5, 0.6) is 0 Å². The zero-order valence-corrected chi connectivity index (χ0v) is 12.6. The van der Waals surface area contributed by atoms with Crippen LogP contribution in [0.15, 0.2) is 12.7 Å². The molecule has 7 heteroatoms. The van der Waals surface area contributed by atoms with E-state index in [9.17, 15) is 17.8 Å². The molecule has 0 bridgehead atoms. The molecule has 0 aromatic rings. The maximum absolute atomic E-state index is 11.3. The van der Waals surface area contributed by atoms with E-state index in [1.807, 2.05) is 6.08 Å². The quantitative estimate of drug-likeness (QED) is 0.242. The maximum Gasteiger partial charge on any atom is 0.220 e. The van der Waals surface area contributed by atoms with E-state index < -0.39 is 10.4 Å². The smallest absolute Gasteiger partial charge is 0.220 e. The third kappa shape index (κ3) is 15.1. The predicted octanol–water partition coefficient (Wildman–Crippen LogP) is 1.89. The van der Waals surface area contributed by atoms with Gasteiger partial charge in [-0.05, 0) is 19.3 Å². The summed E-state index contributed by atoms with van der Waals surface area (Å²) in [6.45, 7) is 3.38. The van der Waals surface area contributed by atoms with E-state index in [1.54, 1.807) is 0 Å². The average Bonchev–Trinajstić information content (AvgIpc) is 2.37. The van der Waals surface area contributed by atoms with E-state index in [-0.39, 0.29) is 19.1 Å². The minimum atomic E-state index is -4.66. The van der Waals surface area contributed by atoms with Crippen molar-refractivity contribution < 1.29 is 21.9 Å². The second-order valence-corrected chi connectivity index (χ2v) is 5.58. The predicted molar refractivity (Wildman–Crippen MR) is 75.8 cm³/mol. The molecule has 0 unspecified atom stereocenters. The maximum atomic E-state index is 11.3. The van der Waals surface area contributed by atoms with Gasteiger partial charge in [0.25, 0.3) is 0 Å². The van der Waals surface area contributed by atoms with Crippen LogP contribution in [-0.2, 0) is 19.4 Å². The Morgan fingerprint density at radius 1 is 1.15 bits per heavy atom. The number of carbonyl (C=O) groups is 1. The summed E-state index contributed by atoms with van der Waals surface area (Å²) < 4.78 is 34.3. The lowest BCUT2D eigenvalue weighted by atomic mass is 10.1. The highest BCUT2D eigenvalue weighted by atomic mass is 32.3. The van der Waals surface area contributed by atoms with Crippen LogP contribution in [0, 0.1) is 0 Å². The Kier molecular flexibility index (Phi) is 11.3. The SMILES string of the molecule is C=CCCCCCCCCC(=O)NCCOS(=O)(=O)[O-]. The Labute approximate surface area is 121 Å². The molecule has 1 N–H and O–H groups in total. The lowest BCUT2D eigenvalue weighted by Gasteiger charge is -2.08. The largest absolute Gasteiger partial charge is 0.726 e. The third-order valence-electron chi connectivity index (χ3n) is 2.71. The minimum absolute atomic E-state index is 0.0296. The van der Waals surface area contributed by atoms with Gasteiger partial charge in [-0.1, -0.05) is 31.8 Å². The number of amides is 1. The van der Waals surface area contributed by atoms with E-state index in [1.165, 1.54) is 19.3 Å². The molecule has 20 heavy (non-hydrogen) atoms. The highest BCUT2D eigenvalue weighted by molar-refractivity contribution is 7.80. The molecule has 0 aliphatic rings. The molecule has 1 amide bonds. The average molecular weight is 306 g/mol. The lowest BCUT2D eigenvalue weighted by Crippen LogP contribution is -2.27. The first-order valence-electron chi connectivity index (χ1n) is 6.93. The van der Waals surface area contributed by atoms with Crippen molar-refractivity contribution in [1.82, 2.24) is 5.32 Å². The van der Waals surface area contributed by atoms with Crippen LogP contribution in [0.3, 0.4) is 0 Å². The first kappa shape index (κ1) is 19.1. The van der Waals surface area contributed by atoms with Crippen molar-refractivity contribution in [3.63, 3.8) is 0 Å². The molecule has 0 fully saturated rings. The summed E-state index contributed by atoms with van der Waals surface area (Å²) in [5, 5.41) is 2.50. The molecular formula is C13H24NO5S-. The van der Waals surface area contributed by atoms with Gasteiger partial charge in [-0.2, -0.15) is 0 Å². The fourth-order valence-corrected chi connectivity index (χ4v) is 1.99. The van der Waals surface area contributed by atoms with Crippen molar-refractivity contribution in [2.45, 2.75) is 51.4 Å². The Balaban J connectivity index is 3.30. The molecule has 0 saturated carbocycles. The Bertz CT molecular complexity index is 367. The van der Waals surface area contributed by atoms with E-state index in [2.05, 4.69) is 16.1 Å². The normalized spacial score (nSPS) is 11.2. The number of hydrogen-bond donors (Lipinski definition) is 1. The number of carbonyl (C=O) groups excluding carboxylic acids is 1. The minimum Gasteiger partial charge on any atom is -0.726 e. The summed E-state index contributed by atoms with van der Waals surface area (Å²) in [6.07, 6.45) is 9.87. The lowest BCUT2D eigenvalue weighted by molar-refractivity contribution is -0.121. The molecule has 0 aromatic heterocycles. The first-order chi connectivity index (χ1) is 9.45. The molecule has 0 aromatic carbocycles. The summed E-state index contributed by atoms with van der Waals surface area (Å²) >= 11 is 0.